The molecule has 0 spiro atoms. The van der Waals surface area contributed by atoms with Crippen molar-refractivity contribution in [1.29, 1.82) is 0 Å². The Morgan fingerprint density at radius 2 is 1.71 bits per heavy atom. The van der Waals surface area contributed by atoms with Gasteiger partial charge in [0.2, 0.25) is 0 Å². The largest absolute Gasteiger partial charge is 1.00 e. The van der Waals surface area contributed by atoms with E-state index in [0.29, 0.717) is 0 Å². The third kappa shape index (κ3) is 3.80. The minimum Gasteiger partial charge on any atom is -1.00 e. The summed E-state index contributed by atoms with van der Waals surface area (Å²) < 4.78 is 41.1. The number of rotatable bonds is 2. The fourth-order valence-corrected chi connectivity index (χ4v) is 1.80. The van der Waals surface area contributed by atoms with Crippen LogP contribution in [0, 0.1) is 0 Å². The van der Waals surface area contributed by atoms with Crippen molar-refractivity contribution in [2.75, 3.05) is 6.26 Å². The Morgan fingerprint density at radius 1 is 1.29 bits per heavy atom. The van der Waals surface area contributed by atoms with Crippen molar-refractivity contribution in [2.24, 2.45) is 0 Å². The summed E-state index contributed by atoms with van der Waals surface area (Å²) in [5.41, 5.74) is 0. The molecule has 1 aromatic rings. The minimum absolute atomic E-state index is 0. The number of benzene rings is 1. The molecule has 0 aliphatic carbocycles. The van der Waals surface area contributed by atoms with Crippen molar-refractivity contribution < 1.29 is 48.2 Å². The van der Waals surface area contributed by atoms with Crippen LogP contribution in [0.4, 0.5) is 0 Å². The Kier molecular flexibility index (Phi) is 5.50. The van der Waals surface area contributed by atoms with E-state index >= 15 is 0 Å². The van der Waals surface area contributed by atoms with Gasteiger partial charge in [-0.15, -0.1) is 0 Å². The SMILES string of the molecule is CS(=O)(=O)c1ccc(S(=O)O)cc1.[H-].[Na+]. The van der Waals surface area contributed by atoms with Crippen molar-refractivity contribution in [1.82, 2.24) is 0 Å². The molecule has 0 amide bonds. The Hall–Kier alpha value is 0.280. The van der Waals surface area contributed by atoms with Crippen LogP contribution in [0.1, 0.15) is 1.43 Å². The van der Waals surface area contributed by atoms with E-state index in [1.807, 2.05) is 0 Å². The smallest absolute Gasteiger partial charge is 1.00 e. The summed E-state index contributed by atoms with van der Waals surface area (Å²) in [5, 5.41) is 0. The first kappa shape index (κ1) is 14.3. The molecule has 0 aliphatic rings. The second-order valence-corrected chi connectivity index (χ2v) is 5.48. The van der Waals surface area contributed by atoms with Crippen LogP contribution < -0.4 is 29.6 Å². The van der Waals surface area contributed by atoms with Gasteiger partial charge in [-0.1, -0.05) is 0 Å². The van der Waals surface area contributed by atoms with E-state index in [-0.39, 0.29) is 40.8 Å². The molecule has 1 N–H and O–H groups in total. The van der Waals surface area contributed by atoms with E-state index in [1.54, 1.807) is 0 Å². The van der Waals surface area contributed by atoms with E-state index < -0.39 is 20.9 Å². The molecule has 14 heavy (non-hydrogen) atoms. The first-order valence-electron chi connectivity index (χ1n) is 3.32. The van der Waals surface area contributed by atoms with Crippen LogP contribution in [0.2, 0.25) is 0 Å². The van der Waals surface area contributed by atoms with Gasteiger partial charge in [-0.3, -0.25) is 0 Å². The first-order valence-corrected chi connectivity index (χ1v) is 6.32. The average molecular weight is 244 g/mol. The molecule has 1 unspecified atom stereocenters. The molecule has 0 heterocycles. The van der Waals surface area contributed by atoms with E-state index in [9.17, 15) is 12.6 Å². The summed E-state index contributed by atoms with van der Waals surface area (Å²) in [4.78, 5) is 0.328. The zero-order valence-electron chi connectivity index (χ0n) is 8.80. The molecular weight excluding hydrogens is 235 g/mol. The van der Waals surface area contributed by atoms with Crippen LogP contribution >= 0.6 is 0 Å². The van der Waals surface area contributed by atoms with Crippen molar-refractivity contribution in [3.8, 4) is 0 Å². The maximum absolute atomic E-state index is 11.0. The van der Waals surface area contributed by atoms with Crippen LogP contribution in [-0.2, 0) is 20.9 Å². The van der Waals surface area contributed by atoms with Crippen molar-refractivity contribution in [3.05, 3.63) is 24.3 Å². The molecule has 0 saturated carbocycles. The molecule has 0 saturated heterocycles. The zero-order chi connectivity index (χ0) is 10.1. The van der Waals surface area contributed by atoms with Crippen LogP contribution in [0.5, 0.6) is 0 Å². The Balaban J connectivity index is 0. The average Bonchev–Trinajstić information content (AvgIpc) is 2.03. The molecule has 0 aliphatic heterocycles. The molecule has 0 fully saturated rings. The Labute approximate surface area is 109 Å². The first-order chi connectivity index (χ1) is 5.91. The second kappa shape index (κ2) is 5.39. The third-order valence-corrected chi connectivity index (χ3v) is 3.26. The molecule has 0 radical (unpaired) electrons. The van der Waals surface area contributed by atoms with Gasteiger partial charge in [0.1, 0.15) is 0 Å². The Morgan fingerprint density at radius 3 is 2.00 bits per heavy atom. The zero-order valence-corrected chi connectivity index (χ0v) is 11.4. The van der Waals surface area contributed by atoms with E-state index in [4.69, 9.17) is 4.55 Å². The minimum atomic E-state index is -3.23. The monoisotopic (exact) mass is 244 g/mol. The van der Waals surface area contributed by atoms with Gasteiger partial charge in [0, 0.05) is 6.26 Å². The third-order valence-electron chi connectivity index (χ3n) is 1.45. The molecule has 7 heteroatoms. The summed E-state index contributed by atoms with van der Waals surface area (Å²) in [6.45, 7) is 0. The van der Waals surface area contributed by atoms with E-state index in [2.05, 4.69) is 0 Å². The fraction of sp³-hybridized carbons (Fsp3) is 0.143. The summed E-state index contributed by atoms with van der Waals surface area (Å²) in [7, 11) is -3.23. The number of hydrogen-bond donors (Lipinski definition) is 1. The molecule has 4 nitrogen and oxygen atoms in total. The van der Waals surface area contributed by atoms with Crippen molar-refractivity contribution >= 4 is 20.9 Å². The maximum Gasteiger partial charge on any atom is 1.00 e. The predicted octanol–water partition coefficient (Wildman–Crippen LogP) is -2.21. The molecular formula is C7H9NaO4S2. The quantitative estimate of drug-likeness (QED) is 0.473. The Bertz CT molecular complexity index is 429. The van der Waals surface area contributed by atoms with Crippen LogP contribution in [0.25, 0.3) is 0 Å². The molecule has 0 aromatic heterocycles. The molecule has 1 atom stereocenters. The van der Waals surface area contributed by atoms with Crippen LogP contribution in [0.3, 0.4) is 0 Å². The van der Waals surface area contributed by atoms with Gasteiger partial charge in [-0.05, 0) is 24.3 Å². The standard InChI is InChI=1S/C7H8O4S2.Na.H/c1-13(10,11)7-4-2-6(3-5-7)12(8)9;;/h2-5H,1H3,(H,8,9);;/q;+1;-1. The van der Waals surface area contributed by atoms with Crippen molar-refractivity contribution in [2.45, 2.75) is 9.79 Å². The van der Waals surface area contributed by atoms with Gasteiger partial charge >= 0.3 is 29.6 Å². The topological polar surface area (TPSA) is 71.4 Å². The summed E-state index contributed by atoms with van der Waals surface area (Å²) in [5.74, 6) is 0. The molecule has 0 bridgehead atoms. The van der Waals surface area contributed by atoms with Gasteiger partial charge in [0.25, 0.3) is 0 Å². The van der Waals surface area contributed by atoms with E-state index in [0.717, 1.165) is 6.26 Å². The maximum atomic E-state index is 11.0. The van der Waals surface area contributed by atoms with Gasteiger partial charge in [0.15, 0.2) is 20.9 Å². The van der Waals surface area contributed by atoms with Gasteiger partial charge < -0.3 is 5.98 Å². The van der Waals surface area contributed by atoms with Gasteiger partial charge in [-0.25, -0.2) is 12.6 Å². The molecule has 1 rings (SSSR count). The summed E-state index contributed by atoms with van der Waals surface area (Å²) in [6.07, 6.45) is 1.08. The van der Waals surface area contributed by atoms with Crippen LogP contribution in [-0.4, -0.2) is 23.4 Å². The summed E-state index contributed by atoms with van der Waals surface area (Å²) in [6, 6.07) is 5.23. The van der Waals surface area contributed by atoms with Gasteiger partial charge in [0.05, 0.1) is 9.79 Å². The van der Waals surface area contributed by atoms with Crippen molar-refractivity contribution in [3.63, 3.8) is 0 Å². The fourth-order valence-electron chi connectivity index (χ4n) is 0.803. The number of sulfone groups is 1. The van der Waals surface area contributed by atoms with Crippen LogP contribution in [0.15, 0.2) is 34.1 Å². The van der Waals surface area contributed by atoms with E-state index in [1.165, 1.54) is 24.3 Å². The number of hydrogen-bond acceptors (Lipinski definition) is 3. The predicted molar refractivity (Wildman–Crippen MR) is 49.7 cm³/mol. The second-order valence-electron chi connectivity index (χ2n) is 2.49. The summed E-state index contributed by atoms with van der Waals surface area (Å²) >= 11 is -2.06. The molecule has 74 valence electrons. The van der Waals surface area contributed by atoms with Gasteiger partial charge in [-0.2, -0.15) is 0 Å². The molecule has 1 aromatic carbocycles. The normalized spacial score (nSPS) is 13.0.